The zero-order valence-corrected chi connectivity index (χ0v) is 13.6. The van der Waals surface area contributed by atoms with E-state index in [1.54, 1.807) is 24.3 Å². The average Bonchev–Trinajstić information content (AvgIpc) is 2.47. The van der Waals surface area contributed by atoms with E-state index in [9.17, 15) is 9.00 Å². The third kappa shape index (κ3) is 4.26. The Morgan fingerprint density at radius 1 is 1.05 bits per heavy atom. The largest absolute Gasteiger partial charge is 0.293 e. The molecule has 0 fully saturated rings. The topological polar surface area (TPSA) is 34.1 Å². The molecule has 0 aromatic heterocycles. The minimum atomic E-state index is -1.32. The molecule has 4 heteroatoms. The lowest BCUT2D eigenvalue weighted by molar-refractivity contribution is 0.102. The standard InChI is InChI=1S/C17H17ClO2S/c1-12(2)13-5-9-16(10-6-13)21(20)11-17(19)14-3-7-15(18)8-4-14/h3-10,12H,11H2,1-2H3. The number of hydrogen-bond donors (Lipinski definition) is 0. The van der Waals surface area contributed by atoms with Gasteiger partial charge in [0.25, 0.3) is 0 Å². The van der Waals surface area contributed by atoms with Gasteiger partial charge < -0.3 is 0 Å². The highest BCUT2D eigenvalue weighted by molar-refractivity contribution is 7.85. The highest BCUT2D eigenvalue weighted by Gasteiger charge is 2.12. The Bertz CT molecular complexity index is 645. The molecular formula is C17H17ClO2S. The summed E-state index contributed by atoms with van der Waals surface area (Å²) >= 11 is 5.79. The summed E-state index contributed by atoms with van der Waals surface area (Å²) in [6.07, 6.45) is 0. The number of benzene rings is 2. The molecule has 0 saturated carbocycles. The van der Waals surface area contributed by atoms with Crippen molar-refractivity contribution in [2.45, 2.75) is 24.7 Å². The quantitative estimate of drug-likeness (QED) is 0.762. The van der Waals surface area contributed by atoms with E-state index in [1.165, 1.54) is 5.56 Å². The second-order valence-electron chi connectivity index (χ2n) is 5.14. The van der Waals surface area contributed by atoms with E-state index in [0.717, 1.165) is 0 Å². The molecule has 0 aliphatic rings. The van der Waals surface area contributed by atoms with Gasteiger partial charge in [-0.15, -0.1) is 0 Å². The van der Waals surface area contributed by atoms with Crippen molar-refractivity contribution >= 4 is 28.2 Å². The Labute approximate surface area is 132 Å². The minimum Gasteiger partial charge on any atom is -0.293 e. The molecule has 2 nitrogen and oxygen atoms in total. The SMILES string of the molecule is CC(C)c1ccc(S(=O)CC(=O)c2ccc(Cl)cc2)cc1. The zero-order valence-electron chi connectivity index (χ0n) is 12.0. The molecule has 2 rings (SSSR count). The van der Waals surface area contributed by atoms with Gasteiger partial charge in [-0.25, -0.2) is 0 Å². The van der Waals surface area contributed by atoms with Crippen molar-refractivity contribution in [3.63, 3.8) is 0 Å². The maximum atomic E-state index is 12.2. The molecule has 0 spiro atoms. The maximum absolute atomic E-state index is 12.2. The van der Waals surface area contributed by atoms with Gasteiger partial charge in [-0.2, -0.15) is 0 Å². The van der Waals surface area contributed by atoms with Crippen LogP contribution in [0, 0.1) is 0 Å². The number of hydrogen-bond acceptors (Lipinski definition) is 2. The summed E-state index contributed by atoms with van der Waals surface area (Å²) in [6.45, 7) is 4.21. The summed E-state index contributed by atoms with van der Waals surface area (Å²) in [5.41, 5.74) is 1.73. The molecule has 0 heterocycles. The Hall–Kier alpha value is -1.45. The Balaban J connectivity index is 2.07. The number of Topliss-reactive ketones (excluding diaryl/α,β-unsaturated/α-hetero) is 1. The molecule has 1 unspecified atom stereocenters. The van der Waals surface area contributed by atoms with Gasteiger partial charge in [-0.05, 0) is 47.9 Å². The molecule has 2 aromatic carbocycles. The first-order chi connectivity index (χ1) is 9.97. The lowest BCUT2D eigenvalue weighted by atomic mass is 10.0. The van der Waals surface area contributed by atoms with E-state index in [2.05, 4.69) is 13.8 Å². The molecule has 0 bridgehead atoms. The summed E-state index contributed by atoms with van der Waals surface area (Å²) in [6, 6.07) is 14.2. The van der Waals surface area contributed by atoms with Gasteiger partial charge in [0, 0.05) is 15.5 Å². The molecule has 2 aromatic rings. The van der Waals surface area contributed by atoms with Gasteiger partial charge in [0.1, 0.15) is 0 Å². The number of halogens is 1. The summed E-state index contributed by atoms with van der Waals surface area (Å²) in [5.74, 6) is 0.281. The van der Waals surface area contributed by atoms with Crippen molar-refractivity contribution in [1.82, 2.24) is 0 Å². The van der Waals surface area contributed by atoms with Crippen LogP contribution >= 0.6 is 11.6 Å². The fraction of sp³-hybridized carbons (Fsp3) is 0.235. The van der Waals surface area contributed by atoms with E-state index in [0.29, 0.717) is 21.4 Å². The van der Waals surface area contributed by atoms with Crippen molar-refractivity contribution in [2.24, 2.45) is 0 Å². The third-order valence-corrected chi connectivity index (χ3v) is 4.81. The Kier molecular flexibility index (Phi) is 5.32. The lowest BCUT2D eigenvalue weighted by Crippen LogP contribution is -2.11. The summed E-state index contributed by atoms with van der Waals surface area (Å²) in [5, 5.41) is 0.581. The normalized spacial score (nSPS) is 12.4. The van der Waals surface area contributed by atoms with Crippen LogP contribution in [0.25, 0.3) is 0 Å². The highest BCUT2D eigenvalue weighted by Crippen LogP contribution is 2.17. The van der Waals surface area contributed by atoms with E-state index in [4.69, 9.17) is 11.6 Å². The van der Waals surface area contributed by atoms with E-state index >= 15 is 0 Å². The highest BCUT2D eigenvalue weighted by atomic mass is 35.5. The van der Waals surface area contributed by atoms with Crippen LogP contribution in [0.4, 0.5) is 0 Å². The fourth-order valence-electron chi connectivity index (χ4n) is 1.93. The number of carbonyl (C=O) groups excluding carboxylic acids is 1. The van der Waals surface area contributed by atoms with Crippen molar-refractivity contribution < 1.29 is 9.00 Å². The minimum absolute atomic E-state index is 0.0113. The van der Waals surface area contributed by atoms with Crippen molar-refractivity contribution in [3.8, 4) is 0 Å². The second kappa shape index (κ2) is 7.01. The van der Waals surface area contributed by atoms with Crippen LogP contribution in [0.2, 0.25) is 5.02 Å². The van der Waals surface area contributed by atoms with Crippen LogP contribution in [0.3, 0.4) is 0 Å². The molecule has 0 amide bonds. The molecule has 0 saturated heterocycles. The van der Waals surface area contributed by atoms with Crippen LogP contribution in [0.5, 0.6) is 0 Å². The predicted molar refractivity (Wildman–Crippen MR) is 87.6 cm³/mol. The van der Waals surface area contributed by atoms with E-state index in [-0.39, 0.29) is 11.5 Å². The first kappa shape index (κ1) is 15.9. The van der Waals surface area contributed by atoms with Crippen LogP contribution < -0.4 is 0 Å². The van der Waals surface area contributed by atoms with Crippen LogP contribution in [-0.4, -0.2) is 15.7 Å². The molecule has 0 radical (unpaired) electrons. The van der Waals surface area contributed by atoms with Gasteiger partial charge in [0.05, 0.1) is 16.6 Å². The molecular weight excluding hydrogens is 304 g/mol. The van der Waals surface area contributed by atoms with Gasteiger partial charge in [-0.1, -0.05) is 37.6 Å². The number of carbonyl (C=O) groups is 1. The van der Waals surface area contributed by atoms with Crippen molar-refractivity contribution in [3.05, 3.63) is 64.7 Å². The molecule has 0 N–H and O–H groups in total. The first-order valence-electron chi connectivity index (χ1n) is 6.74. The molecule has 0 aliphatic heterocycles. The van der Waals surface area contributed by atoms with Gasteiger partial charge in [0.15, 0.2) is 5.78 Å². The van der Waals surface area contributed by atoms with Crippen molar-refractivity contribution in [1.29, 1.82) is 0 Å². The van der Waals surface area contributed by atoms with Crippen molar-refractivity contribution in [2.75, 3.05) is 5.75 Å². The van der Waals surface area contributed by atoms with E-state index in [1.807, 2.05) is 24.3 Å². The van der Waals surface area contributed by atoms with Crippen LogP contribution in [0.15, 0.2) is 53.4 Å². The van der Waals surface area contributed by atoms with Gasteiger partial charge in [-0.3, -0.25) is 9.00 Å². The predicted octanol–water partition coefficient (Wildman–Crippen LogP) is 4.45. The lowest BCUT2D eigenvalue weighted by Gasteiger charge is -2.07. The average molecular weight is 321 g/mol. The third-order valence-electron chi connectivity index (χ3n) is 3.24. The fourth-order valence-corrected chi connectivity index (χ4v) is 3.06. The van der Waals surface area contributed by atoms with Crippen LogP contribution in [-0.2, 0) is 10.8 Å². The first-order valence-corrected chi connectivity index (χ1v) is 8.44. The smallest absolute Gasteiger partial charge is 0.175 e. The summed E-state index contributed by atoms with van der Waals surface area (Å²) < 4.78 is 12.2. The van der Waals surface area contributed by atoms with Crippen LogP contribution in [0.1, 0.15) is 35.7 Å². The maximum Gasteiger partial charge on any atom is 0.175 e. The Morgan fingerprint density at radius 3 is 2.14 bits per heavy atom. The Morgan fingerprint density at radius 2 is 1.62 bits per heavy atom. The summed E-state index contributed by atoms with van der Waals surface area (Å²) in [4.78, 5) is 12.8. The monoisotopic (exact) mass is 320 g/mol. The number of ketones is 1. The molecule has 1 atom stereocenters. The molecule has 21 heavy (non-hydrogen) atoms. The summed E-state index contributed by atoms with van der Waals surface area (Å²) in [7, 11) is -1.32. The van der Waals surface area contributed by atoms with E-state index < -0.39 is 10.8 Å². The zero-order chi connectivity index (χ0) is 15.4. The molecule has 0 aliphatic carbocycles. The van der Waals surface area contributed by atoms with Gasteiger partial charge in [0.2, 0.25) is 0 Å². The second-order valence-corrected chi connectivity index (χ2v) is 7.03. The molecule has 110 valence electrons. The number of rotatable bonds is 5. The van der Waals surface area contributed by atoms with Gasteiger partial charge >= 0.3 is 0 Å².